The van der Waals surface area contributed by atoms with Crippen LogP contribution in [0.4, 0.5) is 0 Å². The number of carbonyl (C=O) groups excluding carboxylic acids is 1. The Balaban J connectivity index is 2.12. The van der Waals surface area contributed by atoms with Crippen LogP contribution in [0.15, 0.2) is 24.3 Å². The first-order chi connectivity index (χ1) is 8.59. The zero-order valence-corrected chi connectivity index (χ0v) is 11.3. The standard InChI is InChI=1S/C14H18N2OS/c1-9(13(15)18)14(17)16-12-8-4-6-10-5-2-3-7-11(10)12/h2-3,5,7,9,12H,4,6,8H2,1H3,(H2,15,18)(H,16,17). The average molecular weight is 262 g/mol. The van der Waals surface area contributed by atoms with E-state index in [0.29, 0.717) is 0 Å². The van der Waals surface area contributed by atoms with Gasteiger partial charge in [-0.15, -0.1) is 0 Å². The van der Waals surface area contributed by atoms with Gasteiger partial charge in [-0.1, -0.05) is 36.5 Å². The minimum atomic E-state index is -0.408. The molecule has 96 valence electrons. The van der Waals surface area contributed by atoms with Crippen LogP contribution in [0.1, 0.15) is 36.9 Å². The Bertz CT molecular complexity index is 473. The highest BCUT2D eigenvalue weighted by Crippen LogP contribution is 2.29. The maximum Gasteiger partial charge on any atom is 0.230 e. The lowest BCUT2D eigenvalue weighted by Crippen LogP contribution is -2.39. The van der Waals surface area contributed by atoms with Gasteiger partial charge in [0, 0.05) is 0 Å². The van der Waals surface area contributed by atoms with E-state index in [2.05, 4.69) is 17.4 Å². The quantitative estimate of drug-likeness (QED) is 0.820. The Labute approximate surface area is 113 Å². The van der Waals surface area contributed by atoms with Crippen LogP contribution in [0.25, 0.3) is 0 Å². The molecule has 3 nitrogen and oxygen atoms in total. The highest BCUT2D eigenvalue weighted by Gasteiger charge is 2.24. The summed E-state index contributed by atoms with van der Waals surface area (Å²) in [4.78, 5) is 12.2. The number of rotatable bonds is 3. The van der Waals surface area contributed by atoms with Crippen LogP contribution >= 0.6 is 12.2 Å². The van der Waals surface area contributed by atoms with E-state index in [-0.39, 0.29) is 16.9 Å². The molecule has 4 heteroatoms. The Morgan fingerprint density at radius 2 is 2.22 bits per heavy atom. The van der Waals surface area contributed by atoms with Gasteiger partial charge >= 0.3 is 0 Å². The van der Waals surface area contributed by atoms with Gasteiger partial charge in [0.25, 0.3) is 0 Å². The molecule has 1 aromatic rings. The van der Waals surface area contributed by atoms with Gasteiger partial charge in [-0.05, 0) is 37.3 Å². The Kier molecular flexibility index (Phi) is 3.97. The van der Waals surface area contributed by atoms with E-state index < -0.39 is 5.92 Å². The first kappa shape index (κ1) is 13.0. The summed E-state index contributed by atoms with van der Waals surface area (Å²) in [5.41, 5.74) is 8.07. The number of carbonyl (C=O) groups is 1. The van der Waals surface area contributed by atoms with E-state index in [9.17, 15) is 4.79 Å². The second kappa shape index (κ2) is 5.48. The number of aryl methyl sites for hydroxylation is 1. The first-order valence-corrected chi connectivity index (χ1v) is 6.68. The lowest BCUT2D eigenvalue weighted by molar-refractivity contribution is -0.123. The minimum absolute atomic E-state index is 0.0794. The molecule has 0 heterocycles. The molecule has 3 N–H and O–H groups in total. The van der Waals surface area contributed by atoms with Gasteiger partial charge in [0.15, 0.2) is 0 Å². The molecule has 18 heavy (non-hydrogen) atoms. The van der Waals surface area contributed by atoms with Gasteiger partial charge in [-0.2, -0.15) is 0 Å². The smallest absolute Gasteiger partial charge is 0.230 e. The fourth-order valence-corrected chi connectivity index (χ4v) is 2.44. The SMILES string of the molecule is CC(C(=O)NC1CCCc2ccccc21)C(N)=S. The Morgan fingerprint density at radius 3 is 2.94 bits per heavy atom. The van der Waals surface area contributed by atoms with Crippen LogP contribution in [-0.2, 0) is 11.2 Å². The van der Waals surface area contributed by atoms with Crippen LogP contribution < -0.4 is 11.1 Å². The molecule has 2 rings (SSSR count). The van der Waals surface area contributed by atoms with Crippen LogP contribution in [0, 0.1) is 5.92 Å². The van der Waals surface area contributed by atoms with Gasteiger partial charge in [0.2, 0.25) is 5.91 Å². The van der Waals surface area contributed by atoms with Crippen molar-refractivity contribution in [3.05, 3.63) is 35.4 Å². The van der Waals surface area contributed by atoms with Crippen molar-refractivity contribution in [3.63, 3.8) is 0 Å². The van der Waals surface area contributed by atoms with Crippen molar-refractivity contribution in [1.82, 2.24) is 5.32 Å². The van der Waals surface area contributed by atoms with E-state index in [1.165, 1.54) is 11.1 Å². The van der Waals surface area contributed by atoms with Crippen molar-refractivity contribution in [1.29, 1.82) is 0 Å². The van der Waals surface area contributed by atoms with Crippen LogP contribution in [0.5, 0.6) is 0 Å². The average Bonchev–Trinajstić information content (AvgIpc) is 2.38. The molecule has 1 amide bonds. The molecule has 1 aromatic carbocycles. The number of fused-ring (bicyclic) bond motifs is 1. The van der Waals surface area contributed by atoms with Crippen molar-refractivity contribution in [2.45, 2.75) is 32.2 Å². The predicted molar refractivity (Wildman–Crippen MR) is 76.2 cm³/mol. The van der Waals surface area contributed by atoms with E-state index in [0.717, 1.165) is 19.3 Å². The zero-order valence-electron chi connectivity index (χ0n) is 10.5. The number of hydrogen-bond donors (Lipinski definition) is 2. The summed E-state index contributed by atoms with van der Waals surface area (Å²) < 4.78 is 0. The third-order valence-corrected chi connectivity index (χ3v) is 3.86. The molecule has 0 fully saturated rings. The molecule has 0 radical (unpaired) electrons. The molecule has 0 saturated carbocycles. The fourth-order valence-electron chi connectivity index (χ4n) is 2.33. The second-order valence-corrected chi connectivity index (χ2v) is 5.25. The molecule has 0 spiro atoms. The largest absolute Gasteiger partial charge is 0.393 e. The molecular weight excluding hydrogens is 244 g/mol. The summed E-state index contributed by atoms with van der Waals surface area (Å²) in [7, 11) is 0. The van der Waals surface area contributed by atoms with Gasteiger partial charge in [-0.25, -0.2) is 0 Å². The van der Waals surface area contributed by atoms with Gasteiger partial charge in [0.1, 0.15) is 0 Å². The normalized spacial score (nSPS) is 19.7. The zero-order chi connectivity index (χ0) is 13.1. The third-order valence-electron chi connectivity index (χ3n) is 3.51. The Morgan fingerprint density at radius 1 is 1.50 bits per heavy atom. The van der Waals surface area contributed by atoms with Crippen molar-refractivity contribution in [2.75, 3.05) is 0 Å². The summed E-state index contributed by atoms with van der Waals surface area (Å²) in [5, 5.41) is 3.05. The number of nitrogens with two attached hydrogens (primary N) is 1. The minimum Gasteiger partial charge on any atom is -0.393 e. The monoisotopic (exact) mass is 262 g/mol. The molecule has 0 aromatic heterocycles. The topological polar surface area (TPSA) is 55.1 Å². The lowest BCUT2D eigenvalue weighted by Gasteiger charge is -2.27. The molecule has 1 aliphatic carbocycles. The predicted octanol–water partition coefficient (Wildman–Crippen LogP) is 2.10. The summed E-state index contributed by atoms with van der Waals surface area (Å²) in [5.74, 6) is -0.488. The van der Waals surface area contributed by atoms with Crippen molar-refractivity contribution < 1.29 is 4.79 Å². The van der Waals surface area contributed by atoms with Crippen LogP contribution in [-0.4, -0.2) is 10.9 Å². The molecule has 1 aliphatic rings. The number of amides is 1. The van der Waals surface area contributed by atoms with Gasteiger partial charge < -0.3 is 11.1 Å². The van der Waals surface area contributed by atoms with E-state index in [1.54, 1.807) is 6.92 Å². The maximum absolute atomic E-state index is 12.0. The van der Waals surface area contributed by atoms with Crippen molar-refractivity contribution in [3.8, 4) is 0 Å². The molecule has 0 bridgehead atoms. The first-order valence-electron chi connectivity index (χ1n) is 6.27. The molecule has 2 atom stereocenters. The van der Waals surface area contributed by atoms with E-state index in [1.807, 2.05) is 12.1 Å². The van der Waals surface area contributed by atoms with Crippen LogP contribution in [0.2, 0.25) is 0 Å². The summed E-state index contributed by atoms with van der Waals surface area (Å²) in [6.45, 7) is 1.74. The van der Waals surface area contributed by atoms with E-state index >= 15 is 0 Å². The molecule has 2 unspecified atom stereocenters. The number of thiocarbonyl (C=S) groups is 1. The number of benzene rings is 1. The van der Waals surface area contributed by atoms with Crippen molar-refractivity contribution in [2.24, 2.45) is 11.7 Å². The van der Waals surface area contributed by atoms with Crippen LogP contribution in [0.3, 0.4) is 0 Å². The lowest BCUT2D eigenvalue weighted by atomic mass is 9.87. The molecule has 0 saturated heterocycles. The molecule has 0 aliphatic heterocycles. The number of hydrogen-bond acceptors (Lipinski definition) is 2. The Hall–Kier alpha value is -1.42. The van der Waals surface area contributed by atoms with Gasteiger partial charge in [0.05, 0.1) is 16.9 Å². The highest BCUT2D eigenvalue weighted by molar-refractivity contribution is 7.80. The summed E-state index contributed by atoms with van der Waals surface area (Å²) in [6.07, 6.45) is 3.17. The fraction of sp³-hybridized carbons (Fsp3) is 0.429. The van der Waals surface area contributed by atoms with E-state index in [4.69, 9.17) is 18.0 Å². The van der Waals surface area contributed by atoms with Gasteiger partial charge in [-0.3, -0.25) is 4.79 Å². The second-order valence-electron chi connectivity index (χ2n) is 4.78. The molecular formula is C14H18N2OS. The number of nitrogens with one attached hydrogen (secondary N) is 1. The summed E-state index contributed by atoms with van der Waals surface area (Å²) in [6, 6.07) is 8.37. The summed E-state index contributed by atoms with van der Waals surface area (Å²) >= 11 is 4.86. The van der Waals surface area contributed by atoms with Crippen molar-refractivity contribution >= 4 is 23.1 Å². The third kappa shape index (κ3) is 2.70. The highest BCUT2D eigenvalue weighted by atomic mass is 32.1. The maximum atomic E-state index is 12.0.